The molecule has 0 aromatic heterocycles. The highest BCUT2D eigenvalue weighted by Crippen LogP contribution is 2.19. The molecule has 5 heteroatoms. The van der Waals surface area contributed by atoms with Crippen LogP contribution in [0.2, 0.25) is 5.02 Å². The minimum Gasteiger partial charge on any atom is -0.352 e. The van der Waals surface area contributed by atoms with E-state index in [1.54, 1.807) is 0 Å². The molecule has 1 saturated heterocycles. The summed E-state index contributed by atoms with van der Waals surface area (Å²) in [5.74, 6) is -0.890. The fourth-order valence-electron chi connectivity index (χ4n) is 2.14. The molecule has 1 heterocycles. The Kier molecular flexibility index (Phi) is 4.55. The van der Waals surface area contributed by atoms with Crippen molar-refractivity contribution in [1.29, 1.82) is 0 Å². The number of hydrogen-bond donors (Lipinski definition) is 2. The van der Waals surface area contributed by atoms with Crippen LogP contribution in [-0.2, 0) is 0 Å². The van der Waals surface area contributed by atoms with E-state index < -0.39 is 5.82 Å². The van der Waals surface area contributed by atoms with E-state index in [9.17, 15) is 9.18 Å². The zero-order chi connectivity index (χ0) is 13.0. The molecular weight excluding hydrogens is 255 g/mol. The lowest BCUT2D eigenvalue weighted by Crippen LogP contribution is -2.30. The molecular formula is C13H16ClFN2O. The van der Waals surface area contributed by atoms with Crippen LogP contribution in [0.15, 0.2) is 18.2 Å². The van der Waals surface area contributed by atoms with Gasteiger partial charge in [-0.15, -0.1) is 0 Å². The zero-order valence-electron chi connectivity index (χ0n) is 10.0. The van der Waals surface area contributed by atoms with Gasteiger partial charge in [0.2, 0.25) is 0 Å². The van der Waals surface area contributed by atoms with Crippen LogP contribution in [0.4, 0.5) is 4.39 Å². The van der Waals surface area contributed by atoms with Crippen molar-refractivity contribution in [2.75, 3.05) is 13.1 Å². The second kappa shape index (κ2) is 6.16. The van der Waals surface area contributed by atoms with Gasteiger partial charge in [-0.1, -0.05) is 17.7 Å². The van der Waals surface area contributed by atoms with Crippen LogP contribution in [0, 0.1) is 5.82 Å². The molecule has 0 spiro atoms. The number of nitrogens with one attached hydrogen (secondary N) is 2. The van der Waals surface area contributed by atoms with E-state index in [1.807, 2.05) is 0 Å². The molecule has 98 valence electrons. The molecule has 1 amide bonds. The van der Waals surface area contributed by atoms with E-state index in [-0.39, 0.29) is 16.5 Å². The molecule has 1 atom stereocenters. The highest BCUT2D eigenvalue weighted by Gasteiger charge is 2.16. The smallest absolute Gasteiger partial charge is 0.252 e. The van der Waals surface area contributed by atoms with Crippen molar-refractivity contribution in [2.24, 2.45) is 0 Å². The van der Waals surface area contributed by atoms with Gasteiger partial charge >= 0.3 is 0 Å². The third-order valence-corrected chi connectivity index (χ3v) is 3.52. The van der Waals surface area contributed by atoms with Crippen molar-refractivity contribution >= 4 is 17.5 Å². The van der Waals surface area contributed by atoms with Gasteiger partial charge in [-0.3, -0.25) is 4.79 Å². The molecule has 1 unspecified atom stereocenters. The molecule has 0 aliphatic carbocycles. The Morgan fingerprint density at radius 3 is 3.11 bits per heavy atom. The summed E-state index contributed by atoms with van der Waals surface area (Å²) in [4.78, 5) is 11.8. The summed E-state index contributed by atoms with van der Waals surface area (Å²) in [6.45, 7) is 1.62. The summed E-state index contributed by atoms with van der Waals surface area (Å²) < 4.78 is 13.2. The molecule has 1 aromatic carbocycles. The van der Waals surface area contributed by atoms with Crippen LogP contribution < -0.4 is 10.6 Å². The van der Waals surface area contributed by atoms with Crippen LogP contribution >= 0.6 is 11.6 Å². The van der Waals surface area contributed by atoms with Crippen molar-refractivity contribution in [3.8, 4) is 0 Å². The van der Waals surface area contributed by atoms with Crippen LogP contribution in [-0.4, -0.2) is 25.0 Å². The van der Waals surface area contributed by atoms with Gasteiger partial charge in [-0.25, -0.2) is 4.39 Å². The summed E-state index contributed by atoms with van der Waals surface area (Å²) in [7, 11) is 0. The van der Waals surface area contributed by atoms with Crippen molar-refractivity contribution in [2.45, 2.75) is 25.3 Å². The zero-order valence-corrected chi connectivity index (χ0v) is 10.8. The Bertz CT molecular complexity index is 433. The normalized spacial score (nSPS) is 18.9. The molecule has 18 heavy (non-hydrogen) atoms. The lowest BCUT2D eigenvalue weighted by atomic mass is 10.1. The van der Waals surface area contributed by atoms with E-state index in [2.05, 4.69) is 10.6 Å². The van der Waals surface area contributed by atoms with Gasteiger partial charge in [0, 0.05) is 12.6 Å². The van der Waals surface area contributed by atoms with Crippen molar-refractivity contribution < 1.29 is 9.18 Å². The Labute approximate surface area is 111 Å². The number of halogens is 2. The molecule has 1 aromatic rings. The maximum absolute atomic E-state index is 13.2. The first-order valence-corrected chi connectivity index (χ1v) is 6.52. The summed E-state index contributed by atoms with van der Waals surface area (Å²) >= 11 is 5.75. The first kappa shape index (κ1) is 13.3. The predicted molar refractivity (Wildman–Crippen MR) is 69.4 cm³/mol. The molecule has 2 N–H and O–H groups in total. The van der Waals surface area contributed by atoms with Crippen molar-refractivity contribution in [3.05, 3.63) is 34.6 Å². The van der Waals surface area contributed by atoms with Crippen LogP contribution in [0.3, 0.4) is 0 Å². The predicted octanol–water partition coefficient (Wildman–Crippen LogP) is 2.35. The minimum atomic E-state index is -0.568. The third-order valence-electron chi connectivity index (χ3n) is 3.14. The van der Waals surface area contributed by atoms with Crippen LogP contribution in [0.1, 0.15) is 29.6 Å². The fourth-order valence-corrected chi connectivity index (χ4v) is 2.35. The van der Waals surface area contributed by atoms with E-state index in [4.69, 9.17) is 11.6 Å². The van der Waals surface area contributed by atoms with Gasteiger partial charge in [0.1, 0.15) is 5.82 Å². The first-order chi connectivity index (χ1) is 8.68. The second-order valence-electron chi connectivity index (χ2n) is 4.44. The first-order valence-electron chi connectivity index (χ1n) is 6.14. The van der Waals surface area contributed by atoms with E-state index >= 15 is 0 Å². The average molecular weight is 271 g/mol. The lowest BCUT2D eigenvalue weighted by Gasteiger charge is -2.11. The monoisotopic (exact) mass is 270 g/mol. The number of rotatable bonds is 4. The average Bonchev–Trinajstić information content (AvgIpc) is 2.85. The molecule has 0 bridgehead atoms. The van der Waals surface area contributed by atoms with Gasteiger partial charge < -0.3 is 10.6 Å². The maximum atomic E-state index is 13.2. The maximum Gasteiger partial charge on any atom is 0.252 e. The van der Waals surface area contributed by atoms with E-state index in [0.29, 0.717) is 12.6 Å². The van der Waals surface area contributed by atoms with Crippen molar-refractivity contribution in [3.63, 3.8) is 0 Å². The van der Waals surface area contributed by atoms with Crippen LogP contribution in [0.5, 0.6) is 0 Å². The molecule has 2 rings (SSSR count). The Morgan fingerprint density at radius 2 is 2.39 bits per heavy atom. The van der Waals surface area contributed by atoms with Gasteiger partial charge in [-0.2, -0.15) is 0 Å². The number of amides is 1. The number of carbonyl (C=O) groups is 1. The fraction of sp³-hybridized carbons (Fsp3) is 0.462. The number of carbonyl (C=O) groups excluding carboxylic acids is 1. The Morgan fingerprint density at radius 1 is 1.56 bits per heavy atom. The summed E-state index contributed by atoms with van der Waals surface area (Å²) in [6.07, 6.45) is 3.23. The highest BCUT2D eigenvalue weighted by molar-refractivity contribution is 6.34. The van der Waals surface area contributed by atoms with Gasteiger partial charge in [0.15, 0.2) is 0 Å². The van der Waals surface area contributed by atoms with Gasteiger partial charge in [0.05, 0.1) is 10.6 Å². The minimum absolute atomic E-state index is 0.117. The Balaban J connectivity index is 1.85. The largest absolute Gasteiger partial charge is 0.352 e. The molecule has 1 aliphatic heterocycles. The third kappa shape index (κ3) is 3.21. The summed E-state index contributed by atoms with van der Waals surface area (Å²) in [5, 5.41) is 6.00. The van der Waals surface area contributed by atoms with Gasteiger partial charge in [-0.05, 0) is 37.9 Å². The number of benzene rings is 1. The molecule has 3 nitrogen and oxygen atoms in total. The van der Waals surface area contributed by atoms with Crippen LogP contribution in [0.25, 0.3) is 0 Å². The highest BCUT2D eigenvalue weighted by atomic mass is 35.5. The van der Waals surface area contributed by atoms with Gasteiger partial charge in [0.25, 0.3) is 5.91 Å². The van der Waals surface area contributed by atoms with E-state index in [1.165, 1.54) is 24.6 Å². The number of hydrogen-bond acceptors (Lipinski definition) is 2. The van der Waals surface area contributed by atoms with Crippen molar-refractivity contribution in [1.82, 2.24) is 10.6 Å². The Hall–Kier alpha value is -1.13. The SMILES string of the molecule is O=C(NCCC1CCCN1)c1cccc(F)c1Cl. The summed E-state index contributed by atoms with van der Waals surface area (Å²) in [5.41, 5.74) is 0.191. The van der Waals surface area contributed by atoms with E-state index in [0.717, 1.165) is 19.4 Å². The lowest BCUT2D eigenvalue weighted by molar-refractivity contribution is 0.0952. The molecule has 1 aliphatic rings. The molecule has 1 fully saturated rings. The quantitative estimate of drug-likeness (QED) is 0.882. The standard InChI is InChI=1S/C13H16ClFN2O/c14-12-10(4-1-5-11(12)15)13(18)17-8-6-9-3-2-7-16-9/h1,4-5,9,16H,2-3,6-8H2,(H,17,18). The topological polar surface area (TPSA) is 41.1 Å². The summed E-state index contributed by atoms with van der Waals surface area (Å²) in [6, 6.07) is 4.72. The molecule has 0 radical (unpaired) electrons. The second-order valence-corrected chi connectivity index (χ2v) is 4.82. The molecule has 0 saturated carbocycles.